The molecule has 3 rings (SSSR count). The standard InChI is InChI=1S/C23H30N4O4S/c1-5-26(16(4)28)15(3)23(31)27-12-19(29)10-20(27)22(30)24-11-17-6-8-18(9-7-17)21-14(2)25-13-32-21/h6-9,13,15,19-20,29H,5,10-12H2,1-4H3,(H,24,30)/t15-,19+,20-/m0/s1. The molecular weight excluding hydrogens is 428 g/mol. The van der Waals surface area contributed by atoms with Crippen LogP contribution in [0.1, 0.15) is 38.4 Å². The number of carbonyl (C=O) groups is 3. The first-order chi connectivity index (χ1) is 15.2. The quantitative estimate of drug-likeness (QED) is 0.660. The van der Waals surface area contributed by atoms with E-state index in [0.717, 1.165) is 21.7 Å². The predicted octanol–water partition coefficient (Wildman–Crippen LogP) is 1.95. The molecule has 1 fully saturated rings. The Morgan fingerprint density at radius 3 is 2.56 bits per heavy atom. The van der Waals surface area contributed by atoms with Crippen LogP contribution in [0.3, 0.4) is 0 Å². The van der Waals surface area contributed by atoms with Gasteiger partial charge in [-0.15, -0.1) is 11.3 Å². The van der Waals surface area contributed by atoms with Crippen molar-refractivity contribution in [3.8, 4) is 10.4 Å². The molecule has 1 aliphatic heterocycles. The molecule has 1 aliphatic rings. The highest BCUT2D eigenvalue weighted by atomic mass is 32.1. The minimum atomic E-state index is -0.767. The van der Waals surface area contributed by atoms with Crippen LogP contribution in [0.4, 0.5) is 0 Å². The second kappa shape index (κ2) is 10.2. The van der Waals surface area contributed by atoms with Gasteiger partial charge in [-0.2, -0.15) is 0 Å². The SMILES string of the molecule is CCN(C(C)=O)[C@@H](C)C(=O)N1C[C@H](O)C[C@H]1C(=O)NCc1ccc(-c2scnc2C)cc1. The van der Waals surface area contributed by atoms with E-state index in [2.05, 4.69) is 10.3 Å². The molecule has 1 saturated heterocycles. The highest BCUT2D eigenvalue weighted by Crippen LogP contribution is 2.27. The molecule has 0 unspecified atom stereocenters. The van der Waals surface area contributed by atoms with Gasteiger partial charge in [0.05, 0.1) is 22.2 Å². The normalized spacial score (nSPS) is 19.0. The number of likely N-dealkylation sites (tertiary alicyclic amines) is 1. The van der Waals surface area contributed by atoms with Crippen LogP contribution in [-0.2, 0) is 20.9 Å². The van der Waals surface area contributed by atoms with Crippen LogP contribution in [0.2, 0.25) is 0 Å². The maximum Gasteiger partial charge on any atom is 0.245 e. The topological polar surface area (TPSA) is 103 Å². The van der Waals surface area contributed by atoms with E-state index in [1.165, 1.54) is 16.7 Å². The zero-order valence-corrected chi connectivity index (χ0v) is 19.7. The molecule has 3 atom stereocenters. The Hall–Kier alpha value is -2.78. The van der Waals surface area contributed by atoms with Gasteiger partial charge in [0.1, 0.15) is 12.1 Å². The van der Waals surface area contributed by atoms with Gasteiger partial charge in [0.15, 0.2) is 0 Å². The van der Waals surface area contributed by atoms with Crippen LogP contribution < -0.4 is 5.32 Å². The van der Waals surface area contributed by atoms with Gasteiger partial charge in [0.2, 0.25) is 17.7 Å². The van der Waals surface area contributed by atoms with Crippen molar-refractivity contribution in [3.05, 3.63) is 41.0 Å². The third-order valence-electron chi connectivity index (χ3n) is 5.86. The summed E-state index contributed by atoms with van der Waals surface area (Å²) in [5.41, 5.74) is 4.82. The zero-order valence-electron chi connectivity index (χ0n) is 18.9. The number of β-amino-alcohol motifs (C(OH)–C–C–N with tert-alkyl or cyclic N) is 1. The molecule has 1 aromatic heterocycles. The van der Waals surface area contributed by atoms with Gasteiger partial charge in [-0.25, -0.2) is 4.98 Å². The first-order valence-electron chi connectivity index (χ1n) is 10.8. The van der Waals surface area contributed by atoms with Crippen LogP contribution >= 0.6 is 11.3 Å². The van der Waals surface area contributed by atoms with Gasteiger partial charge in [-0.1, -0.05) is 24.3 Å². The number of nitrogens with one attached hydrogen (secondary N) is 1. The van der Waals surface area contributed by atoms with Crippen LogP contribution in [0.5, 0.6) is 0 Å². The number of nitrogens with zero attached hydrogens (tertiary/aromatic N) is 3. The fraction of sp³-hybridized carbons (Fsp3) is 0.478. The van der Waals surface area contributed by atoms with Gasteiger partial charge < -0.3 is 20.2 Å². The monoisotopic (exact) mass is 458 g/mol. The highest BCUT2D eigenvalue weighted by molar-refractivity contribution is 7.13. The lowest BCUT2D eigenvalue weighted by Crippen LogP contribution is -2.53. The molecule has 1 aromatic carbocycles. The van der Waals surface area contributed by atoms with Crippen molar-refractivity contribution in [2.24, 2.45) is 0 Å². The Kier molecular flexibility index (Phi) is 7.63. The van der Waals surface area contributed by atoms with E-state index >= 15 is 0 Å². The molecule has 9 heteroatoms. The number of rotatable bonds is 7. The van der Waals surface area contributed by atoms with Crippen molar-refractivity contribution < 1.29 is 19.5 Å². The summed E-state index contributed by atoms with van der Waals surface area (Å²) in [4.78, 5) is 45.9. The summed E-state index contributed by atoms with van der Waals surface area (Å²) in [6.07, 6.45) is -0.587. The molecule has 2 N–H and O–H groups in total. The van der Waals surface area contributed by atoms with E-state index in [0.29, 0.717) is 13.1 Å². The first-order valence-corrected chi connectivity index (χ1v) is 11.6. The summed E-state index contributed by atoms with van der Waals surface area (Å²) in [5, 5.41) is 13.0. The summed E-state index contributed by atoms with van der Waals surface area (Å²) >= 11 is 1.59. The number of hydrogen-bond donors (Lipinski definition) is 2. The lowest BCUT2D eigenvalue weighted by atomic mass is 10.1. The number of aromatic nitrogens is 1. The van der Waals surface area contributed by atoms with E-state index in [4.69, 9.17) is 0 Å². The number of aliphatic hydroxyl groups excluding tert-OH is 1. The van der Waals surface area contributed by atoms with Gasteiger partial charge in [0, 0.05) is 33.0 Å². The van der Waals surface area contributed by atoms with Crippen molar-refractivity contribution in [2.75, 3.05) is 13.1 Å². The lowest BCUT2D eigenvalue weighted by Gasteiger charge is -2.32. The smallest absolute Gasteiger partial charge is 0.245 e. The maximum atomic E-state index is 13.0. The third-order valence-corrected chi connectivity index (χ3v) is 6.84. The fourth-order valence-corrected chi connectivity index (χ4v) is 4.92. The van der Waals surface area contributed by atoms with Gasteiger partial charge in [-0.05, 0) is 31.9 Å². The Morgan fingerprint density at radius 2 is 2.00 bits per heavy atom. The molecule has 8 nitrogen and oxygen atoms in total. The molecule has 172 valence electrons. The minimum Gasteiger partial charge on any atom is -0.391 e. The van der Waals surface area contributed by atoms with Crippen molar-refractivity contribution in [1.29, 1.82) is 0 Å². The number of hydrogen-bond acceptors (Lipinski definition) is 6. The Morgan fingerprint density at radius 1 is 1.31 bits per heavy atom. The zero-order chi connectivity index (χ0) is 23.4. The molecule has 0 radical (unpaired) electrons. The number of benzene rings is 1. The number of likely N-dealkylation sites (N-methyl/N-ethyl adjacent to an activating group) is 1. The lowest BCUT2D eigenvalue weighted by molar-refractivity contribution is -0.146. The number of amides is 3. The molecule has 32 heavy (non-hydrogen) atoms. The second-order valence-corrected chi connectivity index (χ2v) is 8.91. The fourth-order valence-electron chi connectivity index (χ4n) is 4.11. The third kappa shape index (κ3) is 5.16. The van der Waals surface area contributed by atoms with E-state index < -0.39 is 18.2 Å². The highest BCUT2D eigenvalue weighted by Gasteiger charge is 2.41. The van der Waals surface area contributed by atoms with Crippen LogP contribution in [0.15, 0.2) is 29.8 Å². The van der Waals surface area contributed by atoms with Gasteiger partial charge in [0.25, 0.3) is 0 Å². The Bertz CT molecular complexity index is 975. The first kappa shape index (κ1) is 23.9. The Balaban J connectivity index is 1.63. The molecule has 0 spiro atoms. The van der Waals surface area contributed by atoms with Gasteiger partial charge >= 0.3 is 0 Å². The molecule has 0 aliphatic carbocycles. The van der Waals surface area contributed by atoms with Crippen molar-refractivity contribution in [1.82, 2.24) is 20.1 Å². The molecule has 0 saturated carbocycles. The van der Waals surface area contributed by atoms with E-state index in [-0.39, 0.29) is 30.7 Å². The average molecular weight is 459 g/mol. The number of aryl methyl sites for hydroxylation is 1. The minimum absolute atomic E-state index is 0.0830. The number of thiazole rings is 1. The van der Waals surface area contributed by atoms with Crippen molar-refractivity contribution in [3.63, 3.8) is 0 Å². The van der Waals surface area contributed by atoms with E-state index in [1.54, 1.807) is 25.2 Å². The largest absolute Gasteiger partial charge is 0.391 e. The molecule has 2 heterocycles. The number of carbonyl (C=O) groups excluding carboxylic acids is 3. The molecule has 0 bridgehead atoms. The van der Waals surface area contributed by atoms with Crippen LogP contribution in [0.25, 0.3) is 10.4 Å². The maximum absolute atomic E-state index is 13.0. The summed E-state index contributed by atoms with van der Waals surface area (Å²) < 4.78 is 0. The second-order valence-electron chi connectivity index (χ2n) is 8.06. The molecular formula is C23H30N4O4S. The predicted molar refractivity (Wildman–Crippen MR) is 123 cm³/mol. The summed E-state index contributed by atoms with van der Waals surface area (Å²) in [6.45, 7) is 7.64. The van der Waals surface area contributed by atoms with Crippen molar-refractivity contribution >= 4 is 29.1 Å². The van der Waals surface area contributed by atoms with E-state index in [1.807, 2.05) is 36.7 Å². The summed E-state index contributed by atoms with van der Waals surface area (Å²) in [6, 6.07) is 6.45. The van der Waals surface area contributed by atoms with E-state index in [9.17, 15) is 19.5 Å². The van der Waals surface area contributed by atoms with Crippen LogP contribution in [0, 0.1) is 6.92 Å². The summed E-state index contributed by atoms with van der Waals surface area (Å²) in [5.74, 6) is -0.843. The summed E-state index contributed by atoms with van der Waals surface area (Å²) in [7, 11) is 0. The molecule has 3 amide bonds. The van der Waals surface area contributed by atoms with Crippen LogP contribution in [-0.4, -0.2) is 68.9 Å². The average Bonchev–Trinajstić information content (AvgIpc) is 3.37. The van der Waals surface area contributed by atoms with Gasteiger partial charge in [-0.3, -0.25) is 14.4 Å². The Labute approximate surface area is 192 Å². The number of aliphatic hydroxyl groups is 1. The van der Waals surface area contributed by atoms with Crippen molar-refractivity contribution in [2.45, 2.75) is 58.8 Å². The molecule has 2 aromatic rings.